The van der Waals surface area contributed by atoms with Gasteiger partial charge in [-0.15, -0.1) is 0 Å². The lowest BCUT2D eigenvalue weighted by Gasteiger charge is -2.26. The van der Waals surface area contributed by atoms with Crippen molar-refractivity contribution in [3.63, 3.8) is 0 Å². The summed E-state index contributed by atoms with van der Waals surface area (Å²) in [5, 5.41) is 22.2. The summed E-state index contributed by atoms with van der Waals surface area (Å²) in [6, 6.07) is 15.1. The van der Waals surface area contributed by atoms with E-state index in [1.165, 1.54) is 36.3 Å². The smallest absolute Gasteiger partial charge is 0.300 e. The zero-order valence-corrected chi connectivity index (χ0v) is 21.7. The summed E-state index contributed by atoms with van der Waals surface area (Å²) in [5.74, 6) is -1.83. The number of rotatable bonds is 4. The zero-order chi connectivity index (χ0) is 26.4. The van der Waals surface area contributed by atoms with Gasteiger partial charge in [-0.25, -0.2) is 0 Å². The summed E-state index contributed by atoms with van der Waals surface area (Å²) in [4.78, 5) is 28.0. The first-order valence-electron chi connectivity index (χ1n) is 11.2. The third kappa shape index (κ3) is 4.54. The Morgan fingerprint density at radius 1 is 0.972 bits per heavy atom. The Balaban J connectivity index is 2.01. The molecule has 0 aromatic heterocycles. The van der Waals surface area contributed by atoms with Crippen LogP contribution in [0.3, 0.4) is 0 Å². The lowest BCUT2D eigenvalue weighted by Crippen LogP contribution is -2.29. The SMILES string of the molecule is COc1ccc(C(C)(C)C)cc1/C(O)=C1\C(=O)C(=O)N(c2ccc(Cl)c(Cl)c2)C1c1cccc(O)c1. The van der Waals surface area contributed by atoms with Gasteiger partial charge in [0.2, 0.25) is 0 Å². The number of carbonyl (C=O) groups excluding carboxylic acids is 2. The molecule has 0 bridgehead atoms. The highest BCUT2D eigenvalue weighted by atomic mass is 35.5. The van der Waals surface area contributed by atoms with Gasteiger partial charge < -0.3 is 14.9 Å². The Labute approximate surface area is 219 Å². The van der Waals surface area contributed by atoms with Crippen molar-refractivity contribution < 1.29 is 24.5 Å². The minimum Gasteiger partial charge on any atom is -0.508 e. The van der Waals surface area contributed by atoms with Gasteiger partial charge >= 0.3 is 0 Å². The molecular formula is C28H25Cl2NO5. The van der Waals surface area contributed by atoms with Crippen molar-refractivity contribution in [3.05, 3.63) is 93.0 Å². The molecule has 0 aliphatic carbocycles. The number of halogens is 2. The number of nitrogens with zero attached hydrogens (tertiary/aromatic N) is 1. The van der Waals surface area contributed by atoms with Gasteiger partial charge in [0.25, 0.3) is 11.7 Å². The van der Waals surface area contributed by atoms with E-state index < -0.39 is 17.7 Å². The number of amides is 1. The van der Waals surface area contributed by atoms with Crippen molar-refractivity contribution in [2.24, 2.45) is 0 Å². The molecule has 1 fully saturated rings. The molecule has 1 aliphatic heterocycles. The van der Waals surface area contributed by atoms with Crippen molar-refractivity contribution in [2.45, 2.75) is 32.2 Å². The second kappa shape index (κ2) is 9.52. The highest BCUT2D eigenvalue weighted by Crippen LogP contribution is 2.45. The van der Waals surface area contributed by atoms with Crippen molar-refractivity contribution in [1.82, 2.24) is 0 Å². The Bertz CT molecular complexity index is 1410. The molecule has 36 heavy (non-hydrogen) atoms. The lowest BCUT2D eigenvalue weighted by molar-refractivity contribution is -0.132. The monoisotopic (exact) mass is 525 g/mol. The third-order valence-electron chi connectivity index (χ3n) is 6.13. The van der Waals surface area contributed by atoms with Crippen LogP contribution in [-0.2, 0) is 15.0 Å². The lowest BCUT2D eigenvalue weighted by atomic mass is 9.85. The quantitative estimate of drug-likeness (QED) is 0.226. The zero-order valence-electron chi connectivity index (χ0n) is 20.2. The molecule has 2 N–H and O–H groups in total. The van der Waals surface area contributed by atoms with Crippen molar-refractivity contribution in [2.75, 3.05) is 12.0 Å². The van der Waals surface area contributed by atoms with Crippen LogP contribution in [0, 0.1) is 0 Å². The summed E-state index contributed by atoms with van der Waals surface area (Å²) >= 11 is 12.3. The van der Waals surface area contributed by atoms with Crippen molar-refractivity contribution >= 4 is 46.3 Å². The highest BCUT2D eigenvalue weighted by molar-refractivity contribution is 6.52. The van der Waals surface area contributed by atoms with Gasteiger partial charge in [-0.05, 0) is 59.0 Å². The maximum atomic E-state index is 13.4. The molecule has 1 aliphatic rings. The Kier molecular flexibility index (Phi) is 6.78. The number of benzene rings is 3. The molecule has 1 unspecified atom stereocenters. The number of ether oxygens (including phenoxy) is 1. The number of phenols is 1. The summed E-state index contributed by atoms with van der Waals surface area (Å²) in [6.45, 7) is 6.07. The van der Waals surface area contributed by atoms with Crippen LogP contribution >= 0.6 is 23.2 Å². The van der Waals surface area contributed by atoms with Gasteiger partial charge in [-0.3, -0.25) is 14.5 Å². The molecule has 0 radical (unpaired) electrons. The van der Waals surface area contributed by atoms with Crippen LogP contribution in [0.4, 0.5) is 5.69 Å². The van der Waals surface area contributed by atoms with E-state index in [9.17, 15) is 19.8 Å². The Hall–Kier alpha value is -3.48. The minimum absolute atomic E-state index is 0.0560. The van der Waals surface area contributed by atoms with Gasteiger partial charge in [-0.2, -0.15) is 0 Å². The molecule has 4 rings (SSSR count). The van der Waals surface area contributed by atoms with Gasteiger partial charge in [0.05, 0.1) is 34.3 Å². The van der Waals surface area contributed by atoms with Gasteiger partial charge in [0, 0.05) is 5.69 Å². The third-order valence-corrected chi connectivity index (χ3v) is 6.87. The van der Waals surface area contributed by atoms with Crippen molar-refractivity contribution in [3.8, 4) is 11.5 Å². The van der Waals surface area contributed by atoms with E-state index in [2.05, 4.69) is 0 Å². The first kappa shape index (κ1) is 25.6. The molecule has 0 saturated carbocycles. The van der Waals surface area contributed by atoms with E-state index in [0.29, 0.717) is 17.0 Å². The van der Waals surface area contributed by atoms with Crippen molar-refractivity contribution in [1.29, 1.82) is 0 Å². The molecule has 8 heteroatoms. The average molecular weight is 526 g/mol. The minimum atomic E-state index is -1.04. The van der Waals surface area contributed by atoms with Crippen LogP contribution in [0.15, 0.2) is 66.2 Å². The fourth-order valence-electron chi connectivity index (χ4n) is 4.25. The predicted octanol–water partition coefficient (Wildman–Crippen LogP) is 6.63. The number of ketones is 1. The number of hydrogen-bond donors (Lipinski definition) is 2. The number of aliphatic hydroxyl groups is 1. The maximum absolute atomic E-state index is 13.4. The van der Waals surface area contributed by atoms with Crippen LogP contribution in [0.1, 0.15) is 43.5 Å². The number of phenolic OH excluding ortho intramolecular Hbond substituents is 1. The highest BCUT2D eigenvalue weighted by Gasteiger charge is 2.47. The summed E-state index contributed by atoms with van der Waals surface area (Å²) in [7, 11) is 1.46. The largest absolute Gasteiger partial charge is 0.508 e. The number of carbonyl (C=O) groups is 2. The van der Waals surface area contributed by atoms with E-state index in [-0.39, 0.29) is 38.1 Å². The van der Waals surface area contributed by atoms with Crippen LogP contribution in [-0.4, -0.2) is 29.0 Å². The summed E-state index contributed by atoms with van der Waals surface area (Å²) in [6.07, 6.45) is 0. The van der Waals surface area contributed by atoms with Crippen LogP contribution in [0.25, 0.3) is 5.76 Å². The molecule has 186 valence electrons. The molecule has 1 saturated heterocycles. The fraction of sp³-hybridized carbons (Fsp3) is 0.214. The molecule has 3 aromatic carbocycles. The topological polar surface area (TPSA) is 87.1 Å². The van der Waals surface area contributed by atoms with Crippen LogP contribution in [0.5, 0.6) is 11.5 Å². The predicted molar refractivity (Wildman–Crippen MR) is 141 cm³/mol. The van der Waals surface area contributed by atoms with E-state index in [4.69, 9.17) is 27.9 Å². The van der Waals surface area contributed by atoms with Crippen LogP contribution in [0.2, 0.25) is 10.0 Å². The molecule has 3 aromatic rings. The summed E-state index contributed by atoms with van der Waals surface area (Å²) < 4.78 is 5.48. The van der Waals surface area contributed by atoms with Gasteiger partial charge in [0.1, 0.15) is 17.3 Å². The number of aliphatic hydroxyl groups excluding tert-OH is 1. The first-order chi connectivity index (χ1) is 16.9. The summed E-state index contributed by atoms with van der Waals surface area (Å²) in [5.41, 5.74) is 1.53. The standard InChI is InChI=1S/C28H25Cl2NO5/c1-28(2,3)16-8-11-22(36-4)19(13-16)25(33)23-24(15-6-5-7-18(32)12-15)31(27(35)26(23)34)17-9-10-20(29)21(30)14-17/h5-14,24,32-33H,1-4H3/b25-23+. The van der Waals surface area contributed by atoms with Gasteiger partial charge in [-0.1, -0.05) is 62.2 Å². The number of hydrogen-bond acceptors (Lipinski definition) is 5. The van der Waals surface area contributed by atoms with E-state index >= 15 is 0 Å². The average Bonchev–Trinajstić information content (AvgIpc) is 3.10. The molecule has 0 spiro atoms. The normalized spacial score (nSPS) is 17.5. The van der Waals surface area contributed by atoms with E-state index in [1.807, 2.05) is 26.8 Å². The van der Waals surface area contributed by atoms with E-state index in [1.54, 1.807) is 30.3 Å². The molecule has 1 heterocycles. The number of aromatic hydroxyl groups is 1. The molecule has 6 nitrogen and oxygen atoms in total. The first-order valence-corrected chi connectivity index (χ1v) is 11.9. The second-order valence-electron chi connectivity index (χ2n) is 9.53. The van der Waals surface area contributed by atoms with Gasteiger partial charge in [0.15, 0.2) is 0 Å². The fourth-order valence-corrected chi connectivity index (χ4v) is 4.54. The number of anilines is 1. The maximum Gasteiger partial charge on any atom is 0.300 e. The molecular weight excluding hydrogens is 501 g/mol. The molecule has 1 amide bonds. The number of Topliss-reactive ketones (excluding diaryl/α,β-unsaturated/α-hetero) is 1. The Morgan fingerprint density at radius 2 is 1.69 bits per heavy atom. The van der Waals surface area contributed by atoms with Crippen LogP contribution < -0.4 is 9.64 Å². The number of methoxy groups -OCH3 is 1. The Morgan fingerprint density at radius 3 is 2.31 bits per heavy atom. The molecule has 1 atom stereocenters. The van der Waals surface area contributed by atoms with E-state index in [0.717, 1.165) is 5.56 Å². The second-order valence-corrected chi connectivity index (χ2v) is 10.3.